The molecule has 3 rings (SSSR count). The number of hydrogen-bond acceptors (Lipinski definition) is 4. The minimum absolute atomic E-state index is 0.110. The van der Waals surface area contributed by atoms with Crippen molar-refractivity contribution in [2.75, 3.05) is 32.7 Å². The van der Waals surface area contributed by atoms with Gasteiger partial charge < -0.3 is 4.90 Å². The van der Waals surface area contributed by atoms with Crippen LogP contribution in [0.2, 0.25) is 0 Å². The number of hydrogen-bond donors (Lipinski definition) is 0. The number of piperazine rings is 1. The Morgan fingerprint density at radius 1 is 1.25 bits per heavy atom. The molecule has 1 aliphatic rings. The number of fused-ring (bicyclic) bond motifs is 1. The Labute approximate surface area is 121 Å². The molecule has 2 heterocycles. The van der Waals surface area contributed by atoms with E-state index in [2.05, 4.69) is 11.0 Å². The van der Waals surface area contributed by atoms with E-state index in [0.29, 0.717) is 19.6 Å². The van der Waals surface area contributed by atoms with Crippen molar-refractivity contribution in [2.45, 2.75) is 0 Å². The van der Waals surface area contributed by atoms with E-state index in [4.69, 9.17) is 5.26 Å². The van der Waals surface area contributed by atoms with E-state index in [1.165, 1.54) is 0 Å². The molecule has 0 saturated carbocycles. The molecule has 0 bridgehead atoms. The van der Waals surface area contributed by atoms with Gasteiger partial charge in [-0.25, -0.2) is 0 Å². The van der Waals surface area contributed by atoms with E-state index in [1.807, 2.05) is 34.5 Å². The summed E-state index contributed by atoms with van der Waals surface area (Å²) in [5, 5.41) is 11.7. The maximum Gasteiger partial charge on any atom is 0.255 e. The maximum absolute atomic E-state index is 12.6. The first-order chi connectivity index (χ1) is 9.79. The second kappa shape index (κ2) is 5.61. The number of thiophene rings is 1. The number of benzene rings is 1. The molecule has 102 valence electrons. The van der Waals surface area contributed by atoms with Gasteiger partial charge in [0.1, 0.15) is 0 Å². The third-order valence-electron chi connectivity index (χ3n) is 3.67. The van der Waals surface area contributed by atoms with Crippen LogP contribution in [0.3, 0.4) is 0 Å². The van der Waals surface area contributed by atoms with Gasteiger partial charge in [-0.1, -0.05) is 18.2 Å². The lowest BCUT2D eigenvalue weighted by Gasteiger charge is -2.33. The summed E-state index contributed by atoms with van der Waals surface area (Å²) in [7, 11) is 0. The Kier molecular flexibility index (Phi) is 3.68. The van der Waals surface area contributed by atoms with E-state index >= 15 is 0 Å². The third kappa shape index (κ3) is 2.40. The summed E-state index contributed by atoms with van der Waals surface area (Å²) in [5.41, 5.74) is 0.805. The zero-order valence-electron chi connectivity index (χ0n) is 11.1. The van der Waals surface area contributed by atoms with Crippen LogP contribution < -0.4 is 0 Å². The van der Waals surface area contributed by atoms with E-state index < -0.39 is 0 Å². The molecule has 1 aliphatic heterocycles. The second-order valence-electron chi connectivity index (χ2n) is 4.87. The number of nitrogens with zero attached hydrogens (tertiary/aromatic N) is 3. The number of rotatable bonds is 2. The van der Waals surface area contributed by atoms with Crippen LogP contribution in [0.15, 0.2) is 29.6 Å². The molecule has 1 aromatic heterocycles. The average Bonchev–Trinajstić information content (AvgIpc) is 2.92. The quantitative estimate of drug-likeness (QED) is 0.795. The third-order valence-corrected chi connectivity index (χ3v) is 4.63. The minimum Gasteiger partial charge on any atom is -0.336 e. The van der Waals surface area contributed by atoms with Crippen LogP contribution in [0.4, 0.5) is 0 Å². The van der Waals surface area contributed by atoms with Crippen LogP contribution >= 0.6 is 11.3 Å². The fraction of sp³-hybridized carbons (Fsp3) is 0.333. The van der Waals surface area contributed by atoms with Gasteiger partial charge in [-0.15, -0.1) is 11.3 Å². The number of carbonyl (C=O) groups is 1. The SMILES string of the molecule is N#CCN1CCN(C(=O)c2csc3ccccc23)CC1. The molecule has 4 nitrogen and oxygen atoms in total. The van der Waals surface area contributed by atoms with Crippen molar-refractivity contribution >= 4 is 27.3 Å². The van der Waals surface area contributed by atoms with Gasteiger partial charge in [-0.2, -0.15) is 5.26 Å². The van der Waals surface area contributed by atoms with Crippen LogP contribution in [-0.4, -0.2) is 48.4 Å². The van der Waals surface area contributed by atoms with Crippen molar-refractivity contribution < 1.29 is 4.79 Å². The Balaban J connectivity index is 1.76. The largest absolute Gasteiger partial charge is 0.336 e. The monoisotopic (exact) mass is 285 g/mol. The van der Waals surface area contributed by atoms with Gasteiger partial charge in [-0.3, -0.25) is 9.69 Å². The minimum atomic E-state index is 0.110. The van der Waals surface area contributed by atoms with Crippen LogP contribution in [0, 0.1) is 11.3 Å². The molecule has 1 saturated heterocycles. The lowest BCUT2D eigenvalue weighted by molar-refractivity contribution is 0.0654. The lowest BCUT2D eigenvalue weighted by atomic mass is 10.1. The lowest BCUT2D eigenvalue weighted by Crippen LogP contribution is -2.48. The zero-order chi connectivity index (χ0) is 13.9. The fourth-order valence-electron chi connectivity index (χ4n) is 2.52. The summed E-state index contributed by atoms with van der Waals surface area (Å²) in [4.78, 5) is 16.6. The molecule has 20 heavy (non-hydrogen) atoms. The molecule has 0 unspecified atom stereocenters. The molecule has 5 heteroatoms. The van der Waals surface area contributed by atoms with E-state index in [0.717, 1.165) is 28.7 Å². The van der Waals surface area contributed by atoms with Gasteiger partial charge in [0.05, 0.1) is 18.2 Å². The highest BCUT2D eigenvalue weighted by atomic mass is 32.1. The molecular weight excluding hydrogens is 270 g/mol. The molecule has 2 aromatic rings. The van der Waals surface area contributed by atoms with Crippen LogP contribution in [0.25, 0.3) is 10.1 Å². The summed E-state index contributed by atoms with van der Waals surface area (Å²) >= 11 is 1.61. The van der Waals surface area contributed by atoms with Crippen molar-refractivity contribution in [1.82, 2.24) is 9.80 Å². The first-order valence-electron chi connectivity index (χ1n) is 6.64. The molecule has 0 spiro atoms. The molecular formula is C15H15N3OS. The Morgan fingerprint density at radius 2 is 2.00 bits per heavy atom. The smallest absolute Gasteiger partial charge is 0.255 e. The highest BCUT2D eigenvalue weighted by molar-refractivity contribution is 7.17. The van der Waals surface area contributed by atoms with Crippen LogP contribution in [0.5, 0.6) is 0 Å². The molecule has 1 amide bonds. The maximum atomic E-state index is 12.6. The highest BCUT2D eigenvalue weighted by Gasteiger charge is 2.23. The number of carbonyl (C=O) groups excluding carboxylic acids is 1. The van der Waals surface area contributed by atoms with Crippen LogP contribution in [0.1, 0.15) is 10.4 Å². The van der Waals surface area contributed by atoms with Gasteiger partial charge in [0, 0.05) is 41.6 Å². The van der Waals surface area contributed by atoms with Crippen molar-refractivity contribution in [3.63, 3.8) is 0 Å². The summed E-state index contributed by atoms with van der Waals surface area (Å²) in [6, 6.07) is 10.2. The number of amides is 1. The van der Waals surface area contributed by atoms with Gasteiger partial charge >= 0.3 is 0 Å². The van der Waals surface area contributed by atoms with Gasteiger partial charge in [-0.05, 0) is 6.07 Å². The average molecular weight is 285 g/mol. The topological polar surface area (TPSA) is 47.3 Å². The first kappa shape index (κ1) is 13.1. The van der Waals surface area contributed by atoms with Crippen molar-refractivity contribution in [1.29, 1.82) is 5.26 Å². The summed E-state index contributed by atoms with van der Waals surface area (Å²) < 4.78 is 1.15. The molecule has 0 N–H and O–H groups in total. The molecule has 1 aromatic carbocycles. The summed E-state index contributed by atoms with van der Waals surface area (Å²) in [6.45, 7) is 3.40. The normalized spacial score (nSPS) is 16.2. The predicted octanol–water partition coefficient (Wildman–Crippen LogP) is 2.18. The summed E-state index contributed by atoms with van der Waals surface area (Å²) in [6.07, 6.45) is 0. The van der Waals surface area contributed by atoms with Gasteiger partial charge in [0.2, 0.25) is 0 Å². The van der Waals surface area contributed by atoms with E-state index in [1.54, 1.807) is 11.3 Å². The molecule has 0 aliphatic carbocycles. The van der Waals surface area contributed by atoms with Gasteiger partial charge in [0.25, 0.3) is 5.91 Å². The van der Waals surface area contributed by atoms with Gasteiger partial charge in [0.15, 0.2) is 0 Å². The molecule has 1 fully saturated rings. The van der Waals surface area contributed by atoms with Crippen molar-refractivity contribution in [3.05, 3.63) is 35.2 Å². The highest BCUT2D eigenvalue weighted by Crippen LogP contribution is 2.26. The fourth-order valence-corrected chi connectivity index (χ4v) is 3.46. The van der Waals surface area contributed by atoms with Crippen LogP contribution in [-0.2, 0) is 0 Å². The van der Waals surface area contributed by atoms with Crippen molar-refractivity contribution in [2.24, 2.45) is 0 Å². The standard InChI is InChI=1S/C15H15N3OS/c16-5-6-17-7-9-18(10-8-17)15(19)13-11-20-14-4-2-1-3-12(13)14/h1-4,11H,6-10H2. The number of nitriles is 1. The Bertz CT molecular complexity index is 665. The van der Waals surface area contributed by atoms with E-state index in [9.17, 15) is 4.79 Å². The predicted molar refractivity (Wildman–Crippen MR) is 79.8 cm³/mol. The van der Waals surface area contributed by atoms with Crippen molar-refractivity contribution in [3.8, 4) is 6.07 Å². The molecule has 0 radical (unpaired) electrons. The Morgan fingerprint density at radius 3 is 2.75 bits per heavy atom. The molecule has 0 atom stereocenters. The zero-order valence-corrected chi connectivity index (χ0v) is 11.9. The summed E-state index contributed by atoms with van der Waals surface area (Å²) in [5.74, 6) is 0.110. The van der Waals surface area contributed by atoms with E-state index in [-0.39, 0.29) is 5.91 Å². The second-order valence-corrected chi connectivity index (χ2v) is 5.78. The Hall–Kier alpha value is -1.90. The first-order valence-corrected chi connectivity index (χ1v) is 7.52.